The SMILES string of the molecule is Cc1ccc(NS(=O)(=O)c2cc(C(=O)Nc3ccc(Br)c(Cl)c3)ccc2C)c(C)c1. The van der Waals surface area contributed by atoms with E-state index < -0.39 is 15.9 Å². The van der Waals surface area contributed by atoms with Gasteiger partial charge in [-0.05, 0) is 84.2 Å². The summed E-state index contributed by atoms with van der Waals surface area (Å²) in [5.41, 5.74) is 3.62. The number of benzene rings is 3. The van der Waals surface area contributed by atoms with Crippen LogP contribution in [0, 0.1) is 20.8 Å². The molecule has 3 aromatic rings. The van der Waals surface area contributed by atoms with E-state index in [-0.39, 0.29) is 10.5 Å². The van der Waals surface area contributed by atoms with Crippen molar-refractivity contribution in [3.05, 3.63) is 86.3 Å². The number of rotatable bonds is 5. The Morgan fingerprint density at radius 1 is 0.933 bits per heavy atom. The van der Waals surface area contributed by atoms with Crippen molar-refractivity contribution < 1.29 is 13.2 Å². The number of sulfonamides is 1. The average Bonchev–Trinajstić information content (AvgIpc) is 2.67. The van der Waals surface area contributed by atoms with E-state index in [2.05, 4.69) is 26.0 Å². The molecule has 0 aliphatic carbocycles. The van der Waals surface area contributed by atoms with Crippen molar-refractivity contribution in [2.75, 3.05) is 10.0 Å². The summed E-state index contributed by atoms with van der Waals surface area (Å²) in [5, 5.41) is 3.19. The molecule has 0 heterocycles. The molecule has 0 unspecified atom stereocenters. The highest BCUT2D eigenvalue weighted by molar-refractivity contribution is 9.10. The highest BCUT2D eigenvalue weighted by atomic mass is 79.9. The summed E-state index contributed by atoms with van der Waals surface area (Å²) in [4.78, 5) is 12.7. The molecule has 0 aliphatic heterocycles. The van der Waals surface area contributed by atoms with E-state index in [0.717, 1.165) is 11.1 Å². The minimum Gasteiger partial charge on any atom is -0.322 e. The topological polar surface area (TPSA) is 75.3 Å². The van der Waals surface area contributed by atoms with E-state index in [0.29, 0.717) is 26.4 Å². The number of carbonyl (C=O) groups is 1. The highest BCUT2D eigenvalue weighted by Crippen LogP contribution is 2.27. The molecule has 156 valence electrons. The van der Waals surface area contributed by atoms with Crippen LogP contribution in [-0.4, -0.2) is 14.3 Å². The van der Waals surface area contributed by atoms with E-state index in [1.165, 1.54) is 6.07 Å². The van der Waals surface area contributed by atoms with Crippen LogP contribution in [0.2, 0.25) is 5.02 Å². The molecule has 8 heteroatoms. The summed E-state index contributed by atoms with van der Waals surface area (Å²) in [7, 11) is -3.88. The quantitative estimate of drug-likeness (QED) is 0.439. The Morgan fingerprint density at radius 2 is 1.67 bits per heavy atom. The normalized spacial score (nSPS) is 11.2. The van der Waals surface area contributed by atoms with Gasteiger partial charge in [0, 0.05) is 15.7 Å². The smallest absolute Gasteiger partial charge is 0.262 e. The Labute approximate surface area is 189 Å². The van der Waals surface area contributed by atoms with Gasteiger partial charge in [-0.25, -0.2) is 8.42 Å². The summed E-state index contributed by atoms with van der Waals surface area (Å²) >= 11 is 9.36. The largest absolute Gasteiger partial charge is 0.322 e. The molecule has 0 spiro atoms. The second kappa shape index (κ2) is 8.79. The zero-order valence-corrected chi connectivity index (χ0v) is 19.7. The van der Waals surface area contributed by atoms with Crippen LogP contribution in [0.25, 0.3) is 0 Å². The maximum Gasteiger partial charge on any atom is 0.262 e. The Bertz CT molecular complexity index is 1240. The molecule has 1 amide bonds. The lowest BCUT2D eigenvalue weighted by Crippen LogP contribution is -2.17. The average molecular weight is 508 g/mol. The van der Waals surface area contributed by atoms with Crippen molar-refractivity contribution in [1.82, 2.24) is 0 Å². The zero-order valence-electron chi connectivity index (χ0n) is 16.6. The van der Waals surface area contributed by atoms with E-state index in [4.69, 9.17) is 11.6 Å². The fraction of sp³-hybridized carbons (Fsp3) is 0.136. The Kier molecular flexibility index (Phi) is 6.55. The van der Waals surface area contributed by atoms with Crippen LogP contribution in [0.1, 0.15) is 27.0 Å². The molecule has 5 nitrogen and oxygen atoms in total. The van der Waals surface area contributed by atoms with Crippen LogP contribution in [-0.2, 0) is 10.0 Å². The molecule has 3 aromatic carbocycles. The van der Waals surface area contributed by atoms with Crippen molar-refractivity contribution in [1.29, 1.82) is 0 Å². The van der Waals surface area contributed by atoms with Crippen molar-refractivity contribution in [2.24, 2.45) is 0 Å². The molecule has 2 N–H and O–H groups in total. The van der Waals surface area contributed by atoms with Crippen LogP contribution in [0.5, 0.6) is 0 Å². The van der Waals surface area contributed by atoms with E-state index in [1.807, 2.05) is 26.0 Å². The van der Waals surface area contributed by atoms with E-state index >= 15 is 0 Å². The molecular weight excluding hydrogens is 488 g/mol. The number of aryl methyl sites for hydroxylation is 3. The molecule has 0 fully saturated rings. The Morgan fingerprint density at radius 3 is 2.33 bits per heavy atom. The maximum absolute atomic E-state index is 13.0. The maximum atomic E-state index is 13.0. The van der Waals surface area contributed by atoms with Crippen LogP contribution in [0.4, 0.5) is 11.4 Å². The number of halogens is 2. The molecule has 0 aromatic heterocycles. The first kappa shape index (κ1) is 22.3. The molecule has 0 saturated heterocycles. The van der Waals surface area contributed by atoms with Gasteiger partial charge >= 0.3 is 0 Å². The number of amides is 1. The van der Waals surface area contributed by atoms with Gasteiger partial charge in [0.2, 0.25) is 0 Å². The third-order valence-electron chi connectivity index (χ3n) is 4.54. The summed E-state index contributed by atoms with van der Waals surface area (Å²) < 4.78 is 29.3. The number of hydrogen-bond donors (Lipinski definition) is 2. The van der Waals surface area contributed by atoms with Gasteiger partial charge < -0.3 is 5.32 Å². The van der Waals surface area contributed by atoms with Gasteiger partial charge in [-0.3, -0.25) is 9.52 Å². The standard InChI is InChI=1S/C22H20BrClN2O3S/c1-13-4-9-20(15(3)10-13)26-30(28,29)21-11-16(6-5-14(21)2)22(27)25-17-7-8-18(23)19(24)12-17/h4-12,26H,1-3H3,(H,25,27). The molecule has 0 radical (unpaired) electrons. The molecule has 0 saturated carbocycles. The number of hydrogen-bond acceptors (Lipinski definition) is 3. The predicted octanol–water partition coefficient (Wildman–Crippen LogP) is 6.08. The summed E-state index contributed by atoms with van der Waals surface area (Å²) in [6.45, 7) is 5.47. The first-order valence-electron chi connectivity index (χ1n) is 9.04. The number of anilines is 2. The van der Waals surface area contributed by atoms with Gasteiger partial charge in [-0.15, -0.1) is 0 Å². The van der Waals surface area contributed by atoms with Crippen molar-refractivity contribution in [2.45, 2.75) is 25.7 Å². The van der Waals surface area contributed by atoms with Gasteiger partial charge in [0.15, 0.2) is 0 Å². The first-order valence-corrected chi connectivity index (χ1v) is 11.7. The Hall–Kier alpha value is -2.35. The van der Waals surface area contributed by atoms with Crippen LogP contribution in [0.15, 0.2) is 64.0 Å². The second-order valence-electron chi connectivity index (χ2n) is 6.99. The summed E-state index contributed by atoms with van der Waals surface area (Å²) in [6.07, 6.45) is 0. The zero-order chi connectivity index (χ0) is 22.1. The van der Waals surface area contributed by atoms with Crippen molar-refractivity contribution >= 4 is 54.8 Å². The third-order valence-corrected chi connectivity index (χ3v) is 7.28. The minimum atomic E-state index is -3.88. The second-order valence-corrected chi connectivity index (χ2v) is 9.90. The highest BCUT2D eigenvalue weighted by Gasteiger charge is 2.20. The van der Waals surface area contributed by atoms with Gasteiger partial charge in [0.1, 0.15) is 0 Å². The lowest BCUT2D eigenvalue weighted by molar-refractivity contribution is 0.102. The number of nitrogens with one attached hydrogen (secondary N) is 2. The summed E-state index contributed by atoms with van der Waals surface area (Å²) in [5.74, 6) is -0.434. The fourth-order valence-corrected chi connectivity index (χ4v) is 4.77. The van der Waals surface area contributed by atoms with Gasteiger partial charge in [-0.1, -0.05) is 35.4 Å². The molecule has 30 heavy (non-hydrogen) atoms. The van der Waals surface area contributed by atoms with Gasteiger partial charge in [0.05, 0.1) is 15.6 Å². The fourth-order valence-electron chi connectivity index (χ4n) is 2.94. The minimum absolute atomic E-state index is 0.0453. The van der Waals surface area contributed by atoms with E-state index in [1.54, 1.807) is 43.3 Å². The summed E-state index contributed by atoms with van der Waals surface area (Å²) in [6, 6.07) is 15.1. The Balaban J connectivity index is 1.89. The predicted molar refractivity (Wildman–Crippen MR) is 125 cm³/mol. The van der Waals surface area contributed by atoms with E-state index in [9.17, 15) is 13.2 Å². The lowest BCUT2D eigenvalue weighted by atomic mass is 10.1. The molecule has 0 bridgehead atoms. The lowest BCUT2D eigenvalue weighted by Gasteiger charge is -2.14. The van der Waals surface area contributed by atoms with Gasteiger partial charge in [0.25, 0.3) is 15.9 Å². The van der Waals surface area contributed by atoms with Crippen LogP contribution in [0.3, 0.4) is 0 Å². The molecule has 0 atom stereocenters. The first-order chi connectivity index (χ1) is 14.1. The monoisotopic (exact) mass is 506 g/mol. The number of carbonyl (C=O) groups excluding carboxylic acids is 1. The van der Waals surface area contributed by atoms with Gasteiger partial charge in [-0.2, -0.15) is 0 Å². The third kappa shape index (κ3) is 5.03. The molecule has 0 aliphatic rings. The van der Waals surface area contributed by atoms with Crippen LogP contribution < -0.4 is 10.0 Å². The van der Waals surface area contributed by atoms with Crippen molar-refractivity contribution in [3.8, 4) is 0 Å². The molecular formula is C22H20BrClN2O3S. The van der Waals surface area contributed by atoms with Crippen molar-refractivity contribution in [3.63, 3.8) is 0 Å². The molecule has 3 rings (SSSR count). The van der Waals surface area contributed by atoms with Crippen LogP contribution >= 0.6 is 27.5 Å².